The third-order valence-corrected chi connectivity index (χ3v) is 5.70. The molecular formula is C12H18N2O4S2. The summed E-state index contributed by atoms with van der Waals surface area (Å²) in [5, 5.41) is 4.70. The molecule has 6 nitrogen and oxygen atoms in total. The molecule has 0 aliphatic carbocycles. The maximum Gasteiger partial charge on any atom is 0.348 e. The summed E-state index contributed by atoms with van der Waals surface area (Å²) in [5.41, 5.74) is 0. The molecule has 112 valence electrons. The molecule has 0 radical (unpaired) electrons. The van der Waals surface area contributed by atoms with Crippen molar-refractivity contribution in [2.45, 2.75) is 17.7 Å². The van der Waals surface area contributed by atoms with E-state index in [4.69, 9.17) is 0 Å². The van der Waals surface area contributed by atoms with Crippen LogP contribution in [0, 0.1) is 5.92 Å². The Kier molecular flexibility index (Phi) is 5.14. The highest BCUT2D eigenvalue weighted by molar-refractivity contribution is 7.89. The molecule has 8 heteroatoms. The first-order chi connectivity index (χ1) is 9.53. The molecule has 1 aliphatic heterocycles. The highest BCUT2D eigenvalue weighted by Crippen LogP contribution is 2.20. The third kappa shape index (κ3) is 3.78. The van der Waals surface area contributed by atoms with E-state index in [0.717, 1.165) is 37.3 Å². The van der Waals surface area contributed by atoms with Gasteiger partial charge in [-0.15, -0.1) is 11.3 Å². The van der Waals surface area contributed by atoms with E-state index in [1.54, 1.807) is 0 Å². The largest absolute Gasteiger partial charge is 0.465 e. The van der Waals surface area contributed by atoms with Crippen molar-refractivity contribution in [1.29, 1.82) is 0 Å². The number of thiophene rings is 1. The first kappa shape index (κ1) is 15.4. The van der Waals surface area contributed by atoms with E-state index in [-0.39, 0.29) is 9.77 Å². The summed E-state index contributed by atoms with van der Waals surface area (Å²) in [6, 6.07) is 1.35. The summed E-state index contributed by atoms with van der Waals surface area (Å²) in [6.45, 7) is 2.24. The van der Waals surface area contributed by atoms with Crippen LogP contribution in [0.4, 0.5) is 0 Å². The second kappa shape index (κ2) is 6.66. The van der Waals surface area contributed by atoms with Gasteiger partial charge in [-0.25, -0.2) is 17.9 Å². The van der Waals surface area contributed by atoms with Crippen LogP contribution >= 0.6 is 11.3 Å². The van der Waals surface area contributed by atoms with Gasteiger partial charge in [0, 0.05) is 11.9 Å². The zero-order chi connectivity index (χ0) is 14.6. The fourth-order valence-corrected chi connectivity index (χ4v) is 4.38. The lowest BCUT2D eigenvalue weighted by Gasteiger charge is -2.22. The number of piperidine rings is 1. The van der Waals surface area contributed by atoms with E-state index < -0.39 is 16.0 Å². The molecule has 0 aromatic carbocycles. The molecule has 1 fully saturated rings. The Hall–Kier alpha value is -0.960. The number of hydrogen-bond acceptors (Lipinski definition) is 6. The van der Waals surface area contributed by atoms with Gasteiger partial charge < -0.3 is 10.1 Å². The van der Waals surface area contributed by atoms with Gasteiger partial charge in [-0.05, 0) is 37.9 Å². The molecule has 1 saturated heterocycles. The molecule has 2 heterocycles. The van der Waals surface area contributed by atoms with Crippen LogP contribution in [0.25, 0.3) is 0 Å². The molecule has 0 bridgehead atoms. The van der Waals surface area contributed by atoms with Gasteiger partial charge in [0.05, 0.1) is 12.0 Å². The van der Waals surface area contributed by atoms with Crippen LogP contribution in [0.3, 0.4) is 0 Å². The molecular weight excluding hydrogens is 300 g/mol. The second-order valence-electron chi connectivity index (χ2n) is 4.70. The van der Waals surface area contributed by atoms with Gasteiger partial charge in [0.25, 0.3) is 0 Å². The van der Waals surface area contributed by atoms with E-state index >= 15 is 0 Å². The van der Waals surface area contributed by atoms with Gasteiger partial charge in [0.1, 0.15) is 4.88 Å². The standard InChI is InChI=1S/C12H18N2O4S2/c1-18-12(15)11-5-10(8-19-11)20(16,17)14-7-9-3-2-4-13-6-9/h5,8-9,13-14H,2-4,6-7H2,1H3. The van der Waals surface area contributed by atoms with Crippen molar-refractivity contribution in [3.05, 3.63) is 16.3 Å². The lowest BCUT2D eigenvalue weighted by molar-refractivity contribution is 0.0606. The van der Waals surface area contributed by atoms with Gasteiger partial charge >= 0.3 is 5.97 Å². The Morgan fingerprint density at radius 2 is 2.40 bits per heavy atom. The highest BCUT2D eigenvalue weighted by atomic mass is 32.2. The normalized spacial score (nSPS) is 19.8. The van der Waals surface area contributed by atoms with Gasteiger partial charge in [-0.2, -0.15) is 0 Å². The van der Waals surface area contributed by atoms with Crippen molar-refractivity contribution in [3.8, 4) is 0 Å². The van der Waals surface area contributed by atoms with Crippen LogP contribution in [0.1, 0.15) is 22.5 Å². The second-order valence-corrected chi connectivity index (χ2v) is 7.38. The number of rotatable bonds is 5. The average Bonchev–Trinajstić information content (AvgIpc) is 2.96. The van der Waals surface area contributed by atoms with Crippen LogP contribution in [0.15, 0.2) is 16.3 Å². The number of esters is 1. The minimum Gasteiger partial charge on any atom is -0.465 e. The molecule has 1 aromatic heterocycles. The van der Waals surface area contributed by atoms with E-state index in [1.165, 1.54) is 18.6 Å². The van der Waals surface area contributed by atoms with Crippen molar-refractivity contribution in [1.82, 2.24) is 10.0 Å². The van der Waals surface area contributed by atoms with Crippen LogP contribution in [0.5, 0.6) is 0 Å². The molecule has 1 aliphatic rings. The summed E-state index contributed by atoms with van der Waals surface area (Å²) in [6.07, 6.45) is 2.09. The summed E-state index contributed by atoms with van der Waals surface area (Å²) < 4.78 is 31.4. The van der Waals surface area contributed by atoms with Crippen LogP contribution in [0.2, 0.25) is 0 Å². The zero-order valence-corrected chi connectivity index (χ0v) is 12.9. The van der Waals surface area contributed by atoms with Crippen LogP contribution in [-0.2, 0) is 14.8 Å². The summed E-state index contributed by atoms with van der Waals surface area (Å²) in [5.74, 6) is -0.204. The Balaban J connectivity index is 1.98. The van der Waals surface area contributed by atoms with Crippen molar-refractivity contribution in [2.75, 3.05) is 26.7 Å². The highest BCUT2D eigenvalue weighted by Gasteiger charge is 2.21. The lowest BCUT2D eigenvalue weighted by Crippen LogP contribution is -2.38. The van der Waals surface area contributed by atoms with Gasteiger partial charge in [-0.1, -0.05) is 0 Å². The van der Waals surface area contributed by atoms with E-state index in [2.05, 4.69) is 14.8 Å². The van der Waals surface area contributed by atoms with Crippen molar-refractivity contribution in [3.63, 3.8) is 0 Å². The summed E-state index contributed by atoms with van der Waals surface area (Å²) in [7, 11) is -2.29. The fraction of sp³-hybridized carbons (Fsp3) is 0.583. The topological polar surface area (TPSA) is 84.5 Å². The average molecular weight is 318 g/mol. The number of carbonyl (C=O) groups is 1. The van der Waals surface area contributed by atoms with E-state index in [0.29, 0.717) is 12.5 Å². The molecule has 2 N–H and O–H groups in total. The van der Waals surface area contributed by atoms with Crippen molar-refractivity contribution in [2.24, 2.45) is 5.92 Å². The third-order valence-electron chi connectivity index (χ3n) is 3.23. The molecule has 1 unspecified atom stereocenters. The monoisotopic (exact) mass is 318 g/mol. The first-order valence-electron chi connectivity index (χ1n) is 6.40. The number of methoxy groups -OCH3 is 1. The van der Waals surface area contributed by atoms with Gasteiger partial charge in [0.2, 0.25) is 10.0 Å². The first-order valence-corrected chi connectivity index (χ1v) is 8.76. The van der Waals surface area contributed by atoms with Crippen molar-refractivity contribution >= 4 is 27.3 Å². The van der Waals surface area contributed by atoms with Crippen LogP contribution < -0.4 is 10.0 Å². The van der Waals surface area contributed by atoms with E-state index in [9.17, 15) is 13.2 Å². The van der Waals surface area contributed by atoms with E-state index in [1.807, 2.05) is 0 Å². The summed E-state index contributed by atoms with van der Waals surface area (Å²) in [4.78, 5) is 11.7. The quantitative estimate of drug-likeness (QED) is 0.785. The summed E-state index contributed by atoms with van der Waals surface area (Å²) >= 11 is 1.06. The predicted molar refractivity (Wildman–Crippen MR) is 76.4 cm³/mol. The smallest absolute Gasteiger partial charge is 0.348 e. The molecule has 20 heavy (non-hydrogen) atoms. The maximum atomic E-state index is 12.1. The SMILES string of the molecule is COC(=O)c1cc(S(=O)(=O)NCC2CCCNC2)cs1. The molecule has 0 amide bonds. The molecule has 0 saturated carbocycles. The zero-order valence-electron chi connectivity index (χ0n) is 11.2. The number of ether oxygens (including phenoxy) is 1. The van der Waals surface area contributed by atoms with Gasteiger partial charge in [0.15, 0.2) is 0 Å². The fourth-order valence-electron chi connectivity index (χ4n) is 2.08. The lowest BCUT2D eigenvalue weighted by atomic mass is 10.0. The number of nitrogens with one attached hydrogen (secondary N) is 2. The number of carbonyl (C=O) groups excluding carboxylic acids is 1. The maximum absolute atomic E-state index is 12.1. The Labute approximate surface area is 122 Å². The number of sulfonamides is 1. The molecule has 2 rings (SSSR count). The Morgan fingerprint density at radius 1 is 1.60 bits per heavy atom. The minimum atomic E-state index is -3.56. The molecule has 1 aromatic rings. The predicted octanol–water partition coefficient (Wildman–Crippen LogP) is 0.813. The van der Waals surface area contributed by atoms with Crippen LogP contribution in [-0.4, -0.2) is 41.1 Å². The Bertz CT molecular complexity index is 562. The Morgan fingerprint density at radius 3 is 3.05 bits per heavy atom. The molecule has 1 atom stereocenters. The molecule has 0 spiro atoms. The number of hydrogen-bond donors (Lipinski definition) is 2. The van der Waals surface area contributed by atoms with Crippen molar-refractivity contribution < 1.29 is 17.9 Å². The minimum absolute atomic E-state index is 0.117. The van der Waals surface area contributed by atoms with Gasteiger partial charge in [-0.3, -0.25) is 0 Å².